The van der Waals surface area contributed by atoms with E-state index in [0.29, 0.717) is 6.54 Å². The highest BCUT2D eigenvalue weighted by atomic mass is 32.2. The fourth-order valence-corrected chi connectivity index (χ4v) is 4.04. The molecule has 1 unspecified atom stereocenters. The number of hydrogen-bond donors (Lipinski definition) is 1. The smallest absolute Gasteiger partial charge is 0.244 e. The molecule has 7 heteroatoms. The van der Waals surface area contributed by atoms with E-state index in [-0.39, 0.29) is 17.0 Å². The first-order valence-electron chi connectivity index (χ1n) is 6.77. The second-order valence-corrected chi connectivity index (χ2v) is 7.19. The minimum atomic E-state index is -3.72. The Bertz CT molecular complexity index is 556. The fraction of sp³-hybridized carbons (Fsp3) is 0.615. The maximum absolute atomic E-state index is 13.2. The van der Waals surface area contributed by atoms with Gasteiger partial charge in [-0.15, -0.1) is 0 Å². The Kier molecular flexibility index (Phi) is 4.72. The summed E-state index contributed by atoms with van der Waals surface area (Å²) in [6.07, 6.45) is 4.20. The van der Waals surface area contributed by atoms with Crippen molar-refractivity contribution in [3.05, 3.63) is 24.3 Å². The summed E-state index contributed by atoms with van der Waals surface area (Å²) in [4.78, 5) is 3.53. The molecule has 0 aliphatic carbocycles. The van der Waals surface area contributed by atoms with Crippen molar-refractivity contribution in [3.8, 4) is 0 Å². The molecule has 1 aromatic rings. The van der Waals surface area contributed by atoms with Gasteiger partial charge in [-0.3, -0.25) is 4.98 Å². The summed E-state index contributed by atoms with van der Waals surface area (Å²) >= 11 is 0. The standard InChI is InChI=1S/C13H20FN3O2S/c1-10(2)17(9-12-4-3-5-16-12)20(18,19)13-6-11(14)7-15-8-13/h6-8,10,12,16H,3-5,9H2,1-2H3. The lowest BCUT2D eigenvalue weighted by atomic mass is 10.2. The van der Waals surface area contributed by atoms with Crippen molar-refractivity contribution in [2.24, 2.45) is 0 Å². The molecule has 5 nitrogen and oxygen atoms in total. The number of sulfonamides is 1. The lowest BCUT2D eigenvalue weighted by Gasteiger charge is -2.28. The van der Waals surface area contributed by atoms with Crippen LogP contribution >= 0.6 is 0 Å². The number of rotatable bonds is 5. The molecule has 1 fully saturated rings. The van der Waals surface area contributed by atoms with Crippen molar-refractivity contribution in [1.82, 2.24) is 14.6 Å². The Labute approximate surface area is 119 Å². The van der Waals surface area contributed by atoms with E-state index < -0.39 is 15.8 Å². The molecule has 112 valence electrons. The highest BCUT2D eigenvalue weighted by molar-refractivity contribution is 7.89. The first-order valence-corrected chi connectivity index (χ1v) is 8.21. The van der Waals surface area contributed by atoms with Gasteiger partial charge in [0.25, 0.3) is 0 Å². The molecule has 1 saturated heterocycles. The van der Waals surface area contributed by atoms with E-state index in [2.05, 4.69) is 10.3 Å². The van der Waals surface area contributed by atoms with Gasteiger partial charge >= 0.3 is 0 Å². The molecule has 0 aromatic carbocycles. The van der Waals surface area contributed by atoms with Crippen LogP contribution in [0, 0.1) is 5.82 Å². The molecule has 0 radical (unpaired) electrons. The fourth-order valence-electron chi connectivity index (χ4n) is 2.39. The average molecular weight is 301 g/mol. The molecule has 0 bridgehead atoms. The number of nitrogens with zero attached hydrogens (tertiary/aromatic N) is 2. The van der Waals surface area contributed by atoms with E-state index in [1.807, 2.05) is 13.8 Å². The highest BCUT2D eigenvalue weighted by Crippen LogP contribution is 2.20. The van der Waals surface area contributed by atoms with Crippen LogP contribution in [0.25, 0.3) is 0 Å². The molecule has 1 N–H and O–H groups in total. The zero-order chi connectivity index (χ0) is 14.8. The Morgan fingerprint density at radius 1 is 1.50 bits per heavy atom. The molecule has 1 aromatic heterocycles. The van der Waals surface area contributed by atoms with Crippen LogP contribution in [-0.2, 0) is 10.0 Å². The van der Waals surface area contributed by atoms with E-state index in [9.17, 15) is 12.8 Å². The van der Waals surface area contributed by atoms with Crippen LogP contribution < -0.4 is 5.32 Å². The molecular formula is C13H20FN3O2S. The van der Waals surface area contributed by atoms with Gasteiger partial charge < -0.3 is 5.32 Å². The van der Waals surface area contributed by atoms with Gasteiger partial charge in [0, 0.05) is 24.8 Å². The van der Waals surface area contributed by atoms with E-state index in [1.54, 1.807) is 0 Å². The maximum Gasteiger partial charge on any atom is 0.244 e. The van der Waals surface area contributed by atoms with Gasteiger partial charge in [0.15, 0.2) is 0 Å². The summed E-state index contributed by atoms with van der Waals surface area (Å²) in [5.74, 6) is -0.645. The molecule has 20 heavy (non-hydrogen) atoms. The van der Waals surface area contributed by atoms with Crippen molar-refractivity contribution >= 4 is 10.0 Å². The van der Waals surface area contributed by atoms with Crippen LogP contribution in [0.3, 0.4) is 0 Å². The third-order valence-corrected chi connectivity index (χ3v) is 5.43. The summed E-state index contributed by atoms with van der Waals surface area (Å²) in [7, 11) is -3.72. The summed E-state index contributed by atoms with van der Waals surface area (Å²) in [6.45, 7) is 4.95. The van der Waals surface area contributed by atoms with Crippen molar-refractivity contribution in [1.29, 1.82) is 0 Å². The van der Waals surface area contributed by atoms with Crippen molar-refractivity contribution < 1.29 is 12.8 Å². The first kappa shape index (κ1) is 15.3. The summed E-state index contributed by atoms with van der Waals surface area (Å²) in [5, 5.41) is 3.28. The third-order valence-electron chi connectivity index (χ3n) is 3.43. The second-order valence-electron chi connectivity index (χ2n) is 5.30. The molecular weight excluding hydrogens is 281 g/mol. The number of halogens is 1. The average Bonchev–Trinajstić information content (AvgIpc) is 2.88. The van der Waals surface area contributed by atoms with Gasteiger partial charge in [0.2, 0.25) is 10.0 Å². The molecule has 1 aliphatic heterocycles. The van der Waals surface area contributed by atoms with Gasteiger partial charge in [-0.2, -0.15) is 4.31 Å². The minimum absolute atomic E-state index is 0.0933. The largest absolute Gasteiger partial charge is 0.313 e. The molecule has 0 spiro atoms. The van der Waals surface area contributed by atoms with Crippen molar-refractivity contribution in [3.63, 3.8) is 0 Å². The number of pyridine rings is 1. The van der Waals surface area contributed by atoms with E-state index in [1.165, 1.54) is 10.5 Å². The van der Waals surface area contributed by atoms with Gasteiger partial charge in [-0.05, 0) is 39.3 Å². The summed E-state index contributed by atoms with van der Waals surface area (Å²) < 4.78 is 39.8. The predicted octanol–water partition coefficient (Wildman–Crippen LogP) is 1.37. The summed E-state index contributed by atoms with van der Waals surface area (Å²) in [6, 6.07) is 0.985. The molecule has 1 atom stereocenters. The Morgan fingerprint density at radius 2 is 2.25 bits per heavy atom. The van der Waals surface area contributed by atoms with E-state index in [0.717, 1.165) is 31.6 Å². The normalized spacial score (nSPS) is 19.9. The van der Waals surface area contributed by atoms with Gasteiger partial charge in [0.1, 0.15) is 10.7 Å². The molecule has 1 aliphatic rings. The monoisotopic (exact) mass is 301 g/mol. The Balaban J connectivity index is 2.27. The first-order chi connectivity index (χ1) is 9.41. The van der Waals surface area contributed by atoms with E-state index in [4.69, 9.17) is 0 Å². The quantitative estimate of drug-likeness (QED) is 0.892. The van der Waals surface area contributed by atoms with Crippen molar-refractivity contribution in [2.75, 3.05) is 13.1 Å². The molecule has 2 rings (SSSR count). The highest BCUT2D eigenvalue weighted by Gasteiger charge is 2.30. The number of hydrogen-bond acceptors (Lipinski definition) is 4. The number of nitrogens with one attached hydrogen (secondary N) is 1. The molecule has 0 amide bonds. The lowest BCUT2D eigenvalue weighted by molar-refractivity contribution is 0.322. The topological polar surface area (TPSA) is 62.3 Å². The maximum atomic E-state index is 13.2. The Hall–Kier alpha value is -1.05. The lowest BCUT2D eigenvalue weighted by Crippen LogP contribution is -2.44. The summed E-state index contributed by atoms with van der Waals surface area (Å²) in [5.41, 5.74) is 0. The molecule has 0 saturated carbocycles. The molecule has 2 heterocycles. The van der Waals surface area contributed by atoms with E-state index >= 15 is 0 Å². The van der Waals surface area contributed by atoms with Crippen LogP contribution in [-0.4, -0.2) is 42.9 Å². The van der Waals surface area contributed by atoms with Gasteiger partial charge in [-0.1, -0.05) is 0 Å². The van der Waals surface area contributed by atoms with Gasteiger partial charge in [0.05, 0.1) is 6.20 Å². The van der Waals surface area contributed by atoms with Crippen molar-refractivity contribution in [2.45, 2.75) is 43.7 Å². The zero-order valence-electron chi connectivity index (χ0n) is 11.7. The SMILES string of the molecule is CC(C)N(CC1CCCN1)S(=O)(=O)c1cncc(F)c1. The van der Waals surface area contributed by atoms with Crippen LogP contribution in [0.15, 0.2) is 23.4 Å². The minimum Gasteiger partial charge on any atom is -0.313 e. The number of aromatic nitrogens is 1. The third kappa shape index (κ3) is 3.34. The van der Waals surface area contributed by atoms with Crippen LogP contribution in [0.4, 0.5) is 4.39 Å². The second kappa shape index (κ2) is 6.15. The van der Waals surface area contributed by atoms with Gasteiger partial charge in [-0.25, -0.2) is 12.8 Å². The van der Waals surface area contributed by atoms with Crippen LogP contribution in [0.2, 0.25) is 0 Å². The zero-order valence-corrected chi connectivity index (χ0v) is 12.5. The Morgan fingerprint density at radius 3 is 2.80 bits per heavy atom. The van der Waals surface area contributed by atoms with Crippen LogP contribution in [0.1, 0.15) is 26.7 Å². The predicted molar refractivity (Wildman–Crippen MR) is 74.2 cm³/mol. The van der Waals surface area contributed by atoms with Crippen LogP contribution in [0.5, 0.6) is 0 Å².